The predicted molar refractivity (Wildman–Crippen MR) is 75.2 cm³/mol. The molecule has 0 heterocycles. The number of ether oxygens (including phenoxy) is 1. The first-order valence-electron chi connectivity index (χ1n) is 7.30. The van der Waals surface area contributed by atoms with Crippen LogP contribution in [0, 0.1) is 16.7 Å². The van der Waals surface area contributed by atoms with Crippen molar-refractivity contribution in [2.75, 3.05) is 6.61 Å². The molecule has 1 nitrogen and oxygen atoms in total. The Morgan fingerprint density at radius 1 is 1.00 bits per heavy atom. The van der Waals surface area contributed by atoms with Crippen LogP contribution in [0.25, 0.3) is 0 Å². The van der Waals surface area contributed by atoms with Crippen LogP contribution in [0.1, 0.15) is 73.6 Å². The van der Waals surface area contributed by atoms with E-state index in [1.165, 1.54) is 32.1 Å². The van der Waals surface area contributed by atoms with E-state index in [4.69, 9.17) is 4.74 Å². The van der Waals surface area contributed by atoms with Gasteiger partial charge in [-0.1, -0.05) is 48.0 Å². The molecule has 1 aliphatic rings. The van der Waals surface area contributed by atoms with Crippen LogP contribution in [0.2, 0.25) is 0 Å². The van der Waals surface area contributed by atoms with Gasteiger partial charge < -0.3 is 4.74 Å². The standard InChI is InChI=1S/C16H32O/c1-15(2,3)10-11-17-14-9-7-8-13(12-14)16(4,5)6/h13-14H,7-12H2,1-6H3. The monoisotopic (exact) mass is 240 g/mol. The third kappa shape index (κ3) is 5.90. The topological polar surface area (TPSA) is 9.23 Å². The highest BCUT2D eigenvalue weighted by Crippen LogP contribution is 2.38. The lowest BCUT2D eigenvalue weighted by Crippen LogP contribution is -2.31. The maximum absolute atomic E-state index is 6.08. The van der Waals surface area contributed by atoms with Crippen LogP contribution in [0.5, 0.6) is 0 Å². The largest absolute Gasteiger partial charge is 0.378 e. The molecule has 0 radical (unpaired) electrons. The van der Waals surface area contributed by atoms with Crippen LogP contribution in [0.3, 0.4) is 0 Å². The average Bonchev–Trinajstić information content (AvgIpc) is 2.15. The van der Waals surface area contributed by atoms with Crippen molar-refractivity contribution in [1.29, 1.82) is 0 Å². The summed E-state index contributed by atoms with van der Waals surface area (Å²) in [5.74, 6) is 0.843. The zero-order valence-electron chi connectivity index (χ0n) is 12.8. The van der Waals surface area contributed by atoms with Gasteiger partial charge in [0, 0.05) is 6.61 Å². The summed E-state index contributed by atoms with van der Waals surface area (Å²) in [5.41, 5.74) is 0.851. The number of rotatable bonds is 3. The van der Waals surface area contributed by atoms with Crippen LogP contribution in [-0.4, -0.2) is 12.7 Å². The Labute approximate surface area is 108 Å². The maximum Gasteiger partial charge on any atom is 0.0578 e. The first kappa shape index (κ1) is 15.0. The Hall–Kier alpha value is -0.0400. The molecule has 0 amide bonds. The van der Waals surface area contributed by atoms with Gasteiger partial charge in [-0.05, 0) is 42.4 Å². The van der Waals surface area contributed by atoms with Gasteiger partial charge in [-0.15, -0.1) is 0 Å². The fourth-order valence-corrected chi connectivity index (χ4v) is 2.61. The molecule has 1 aliphatic carbocycles. The summed E-state index contributed by atoms with van der Waals surface area (Å²) >= 11 is 0. The summed E-state index contributed by atoms with van der Waals surface area (Å²) in [4.78, 5) is 0. The van der Waals surface area contributed by atoms with E-state index in [1.54, 1.807) is 0 Å². The molecule has 1 heteroatoms. The van der Waals surface area contributed by atoms with E-state index < -0.39 is 0 Å². The highest BCUT2D eigenvalue weighted by Gasteiger charge is 2.30. The molecule has 0 aromatic heterocycles. The zero-order valence-corrected chi connectivity index (χ0v) is 12.8. The lowest BCUT2D eigenvalue weighted by molar-refractivity contribution is -0.0150. The fraction of sp³-hybridized carbons (Fsp3) is 1.00. The van der Waals surface area contributed by atoms with Gasteiger partial charge in [-0.3, -0.25) is 0 Å². The van der Waals surface area contributed by atoms with Crippen LogP contribution in [0.15, 0.2) is 0 Å². The molecule has 102 valence electrons. The minimum atomic E-state index is 0.401. The van der Waals surface area contributed by atoms with Crippen molar-refractivity contribution < 1.29 is 4.74 Å². The molecule has 0 saturated heterocycles. The summed E-state index contributed by atoms with van der Waals surface area (Å²) in [5, 5.41) is 0. The van der Waals surface area contributed by atoms with E-state index in [1.807, 2.05) is 0 Å². The van der Waals surface area contributed by atoms with Gasteiger partial charge in [0.1, 0.15) is 0 Å². The second kappa shape index (κ2) is 5.73. The zero-order chi connectivity index (χ0) is 13.1. The summed E-state index contributed by atoms with van der Waals surface area (Å²) in [6, 6.07) is 0. The third-order valence-corrected chi connectivity index (χ3v) is 4.06. The summed E-state index contributed by atoms with van der Waals surface area (Å²) < 4.78 is 6.08. The van der Waals surface area contributed by atoms with Gasteiger partial charge in [0.05, 0.1) is 6.10 Å². The van der Waals surface area contributed by atoms with Crippen LogP contribution in [0.4, 0.5) is 0 Å². The van der Waals surface area contributed by atoms with E-state index in [2.05, 4.69) is 41.5 Å². The Kier molecular flexibility index (Phi) is 5.07. The molecule has 0 N–H and O–H groups in total. The molecule has 2 atom stereocenters. The van der Waals surface area contributed by atoms with Crippen LogP contribution >= 0.6 is 0 Å². The Bertz CT molecular complexity index is 219. The van der Waals surface area contributed by atoms with Crippen molar-refractivity contribution in [1.82, 2.24) is 0 Å². The summed E-state index contributed by atoms with van der Waals surface area (Å²) in [6.07, 6.45) is 6.98. The first-order chi connectivity index (χ1) is 7.68. The van der Waals surface area contributed by atoms with E-state index in [-0.39, 0.29) is 0 Å². The second-order valence-corrected chi connectivity index (χ2v) is 8.03. The quantitative estimate of drug-likeness (QED) is 0.671. The van der Waals surface area contributed by atoms with E-state index in [9.17, 15) is 0 Å². The molecule has 0 bridgehead atoms. The molecular formula is C16H32O. The average molecular weight is 240 g/mol. The van der Waals surface area contributed by atoms with E-state index in [0.717, 1.165) is 12.5 Å². The molecule has 17 heavy (non-hydrogen) atoms. The normalized spacial score (nSPS) is 27.2. The van der Waals surface area contributed by atoms with Crippen molar-refractivity contribution in [3.05, 3.63) is 0 Å². The minimum absolute atomic E-state index is 0.401. The SMILES string of the molecule is CC(C)(C)CCOC1CCCC(C(C)(C)C)C1. The van der Waals surface area contributed by atoms with Crippen molar-refractivity contribution in [2.45, 2.75) is 79.8 Å². The molecule has 0 aliphatic heterocycles. The van der Waals surface area contributed by atoms with Gasteiger partial charge in [0.25, 0.3) is 0 Å². The van der Waals surface area contributed by atoms with Crippen molar-refractivity contribution >= 4 is 0 Å². The Morgan fingerprint density at radius 3 is 2.18 bits per heavy atom. The molecule has 0 aromatic rings. The van der Waals surface area contributed by atoms with Gasteiger partial charge >= 0.3 is 0 Å². The molecule has 0 aromatic carbocycles. The molecule has 1 fully saturated rings. The lowest BCUT2D eigenvalue weighted by atomic mass is 9.71. The Morgan fingerprint density at radius 2 is 1.65 bits per heavy atom. The van der Waals surface area contributed by atoms with E-state index in [0.29, 0.717) is 16.9 Å². The minimum Gasteiger partial charge on any atom is -0.378 e. The Balaban J connectivity index is 2.30. The van der Waals surface area contributed by atoms with Gasteiger partial charge in [-0.2, -0.15) is 0 Å². The molecule has 1 rings (SSSR count). The molecule has 1 saturated carbocycles. The van der Waals surface area contributed by atoms with Crippen molar-refractivity contribution in [3.63, 3.8) is 0 Å². The molecule has 0 spiro atoms. The first-order valence-corrected chi connectivity index (χ1v) is 7.30. The summed E-state index contributed by atoms with van der Waals surface area (Å²) in [6.45, 7) is 14.9. The van der Waals surface area contributed by atoms with Crippen molar-refractivity contribution in [3.8, 4) is 0 Å². The van der Waals surface area contributed by atoms with Crippen LogP contribution in [-0.2, 0) is 4.74 Å². The van der Waals surface area contributed by atoms with Gasteiger partial charge in [0.15, 0.2) is 0 Å². The van der Waals surface area contributed by atoms with Crippen molar-refractivity contribution in [2.24, 2.45) is 16.7 Å². The highest BCUT2D eigenvalue weighted by molar-refractivity contribution is 4.81. The second-order valence-electron chi connectivity index (χ2n) is 8.03. The van der Waals surface area contributed by atoms with Gasteiger partial charge in [0.2, 0.25) is 0 Å². The number of hydrogen-bond donors (Lipinski definition) is 0. The highest BCUT2D eigenvalue weighted by atomic mass is 16.5. The smallest absolute Gasteiger partial charge is 0.0578 e. The molecule has 2 unspecified atom stereocenters. The van der Waals surface area contributed by atoms with E-state index >= 15 is 0 Å². The third-order valence-electron chi connectivity index (χ3n) is 4.06. The fourth-order valence-electron chi connectivity index (χ4n) is 2.61. The van der Waals surface area contributed by atoms with Gasteiger partial charge in [-0.25, -0.2) is 0 Å². The maximum atomic E-state index is 6.08. The number of hydrogen-bond acceptors (Lipinski definition) is 1. The van der Waals surface area contributed by atoms with Crippen LogP contribution < -0.4 is 0 Å². The lowest BCUT2D eigenvalue weighted by Gasteiger charge is -2.37. The summed E-state index contributed by atoms with van der Waals surface area (Å²) in [7, 11) is 0. The molecular weight excluding hydrogens is 208 g/mol. The predicted octanol–water partition coefficient (Wildman–Crippen LogP) is 5.04.